The molecule has 0 aromatic rings. The van der Waals surface area contributed by atoms with Crippen LogP contribution in [0, 0.1) is 0 Å². The minimum atomic E-state index is -0.127. The van der Waals surface area contributed by atoms with E-state index in [1.165, 1.54) is 122 Å². The van der Waals surface area contributed by atoms with Gasteiger partial charge < -0.3 is 37.9 Å². The van der Waals surface area contributed by atoms with Gasteiger partial charge in [0.25, 0.3) is 0 Å². The summed E-state index contributed by atoms with van der Waals surface area (Å²) in [6.45, 7) is 12.5. The van der Waals surface area contributed by atoms with E-state index in [0.29, 0.717) is 98.9 Å². The molecule has 0 spiro atoms. The van der Waals surface area contributed by atoms with Crippen molar-refractivity contribution in [3.63, 3.8) is 0 Å². The Kier molecular flexibility index (Phi) is 45.5. The summed E-state index contributed by atoms with van der Waals surface area (Å²) in [6, 6.07) is 0. The Morgan fingerprint density at radius 3 is 0.840 bits per heavy atom. The van der Waals surface area contributed by atoms with E-state index in [0.717, 1.165) is 25.9 Å². The van der Waals surface area contributed by atoms with E-state index in [1.54, 1.807) is 0 Å². The van der Waals surface area contributed by atoms with Gasteiger partial charge in [0.05, 0.1) is 85.9 Å². The second kappa shape index (κ2) is 46.2. The lowest BCUT2D eigenvalue weighted by Gasteiger charge is -2.09. The molecule has 0 aromatic carbocycles. The molecule has 0 aliphatic carbocycles. The molecule has 0 fully saturated rings. The molecule has 0 atom stereocenters. The summed E-state index contributed by atoms with van der Waals surface area (Å²) in [5.41, 5.74) is 0. The molecular formula is C41H82O9. The van der Waals surface area contributed by atoms with Gasteiger partial charge in [-0.15, -0.1) is 0 Å². The van der Waals surface area contributed by atoms with E-state index >= 15 is 0 Å². The summed E-state index contributed by atoms with van der Waals surface area (Å²) < 4.78 is 44.0. The lowest BCUT2D eigenvalue weighted by molar-refractivity contribution is -0.145. The number of unbranched alkanes of at least 4 members (excludes halogenated alkanes) is 20. The first-order valence-corrected chi connectivity index (χ1v) is 21.0. The molecule has 50 heavy (non-hydrogen) atoms. The van der Waals surface area contributed by atoms with Crippen LogP contribution in [-0.4, -0.2) is 105 Å². The van der Waals surface area contributed by atoms with Gasteiger partial charge in [0, 0.05) is 13.0 Å². The highest BCUT2D eigenvalue weighted by Crippen LogP contribution is 2.13. The van der Waals surface area contributed by atoms with Crippen molar-refractivity contribution in [1.82, 2.24) is 0 Å². The lowest BCUT2D eigenvalue weighted by atomic mass is 10.0. The van der Waals surface area contributed by atoms with Crippen LogP contribution in [0.2, 0.25) is 0 Å². The largest absolute Gasteiger partial charge is 0.463 e. The van der Waals surface area contributed by atoms with Crippen molar-refractivity contribution in [2.24, 2.45) is 0 Å². The van der Waals surface area contributed by atoms with Crippen molar-refractivity contribution in [2.75, 3.05) is 99.1 Å². The van der Waals surface area contributed by atoms with Crippen LogP contribution in [0.25, 0.3) is 0 Å². The summed E-state index contributed by atoms with van der Waals surface area (Å²) in [7, 11) is 0. The van der Waals surface area contributed by atoms with Crippen molar-refractivity contribution < 1.29 is 42.7 Å². The molecule has 0 bridgehead atoms. The SMILES string of the molecule is CCCCCCCCCCCCCCCOCCOCCOCCOCCOCCOCCOCCOC(=O)CCCCCCCCCCC. The molecule has 0 aliphatic rings. The van der Waals surface area contributed by atoms with Crippen LogP contribution in [0.15, 0.2) is 0 Å². The van der Waals surface area contributed by atoms with Crippen molar-refractivity contribution in [3.8, 4) is 0 Å². The van der Waals surface area contributed by atoms with Crippen LogP contribution < -0.4 is 0 Å². The number of carbonyl (C=O) groups excluding carboxylic acids is 1. The maximum Gasteiger partial charge on any atom is 0.305 e. The number of rotatable bonds is 45. The zero-order valence-corrected chi connectivity index (χ0v) is 33.0. The Bertz CT molecular complexity index is 623. The highest BCUT2D eigenvalue weighted by molar-refractivity contribution is 5.69. The molecule has 0 amide bonds. The quantitative estimate of drug-likeness (QED) is 0.0451. The molecule has 0 N–H and O–H groups in total. The van der Waals surface area contributed by atoms with Crippen molar-refractivity contribution >= 4 is 5.97 Å². The van der Waals surface area contributed by atoms with E-state index in [4.69, 9.17) is 37.9 Å². The summed E-state index contributed by atoms with van der Waals surface area (Å²) in [5.74, 6) is -0.127. The molecule has 0 radical (unpaired) electrons. The minimum Gasteiger partial charge on any atom is -0.463 e. The van der Waals surface area contributed by atoms with Gasteiger partial charge in [0.2, 0.25) is 0 Å². The van der Waals surface area contributed by atoms with Crippen LogP contribution in [0.3, 0.4) is 0 Å². The second-order valence-corrected chi connectivity index (χ2v) is 13.3. The van der Waals surface area contributed by atoms with Crippen LogP contribution in [0.1, 0.15) is 162 Å². The molecule has 0 saturated carbocycles. The number of esters is 1. The maximum atomic E-state index is 11.8. The van der Waals surface area contributed by atoms with Crippen LogP contribution >= 0.6 is 0 Å². The average molecular weight is 719 g/mol. The summed E-state index contributed by atoms with van der Waals surface area (Å²) in [4.78, 5) is 11.8. The van der Waals surface area contributed by atoms with Gasteiger partial charge in [0.1, 0.15) is 6.61 Å². The van der Waals surface area contributed by atoms with Gasteiger partial charge in [0.15, 0.2) is 0 Å². The predicted molar refractivity (Wildman–Crippen MR) is 204 cm³/mol. The first kappa shape index (κ1) is 49.2. The average Bonchev–Trinajstić information content (AvgIpc) is 3.12. The Balaban J connectivity index is 3.10. The molecule has 0 aromatic heterocycles. The first-order valence-electron chi connectivity index (χ1n) is 21.0. The van der Waals surface area contributed by atoms with Gasteiger partial charge >= 0.3 is 5.97 Å². The molecule has 0 aliphatic heterocycles. The van der Waals surface area contributed by atoms with Crippen molar-refractivity contribution in [3.05, 3.63) is 0 Å². The van der Waals surface area contributed by atoms with E-state index in [1.807, 2.05) is 0 Å². The fraction of sp³-hybridized carbons (Fsp3) is 0.976. The number of hydrogen-bond acceptors (Lipinski definition) is 9. The topological polar surface area (TPSA) is 90.9 Å². The highest BCUT2D eigenvalue weighted by atomic mass is 16.6. The lowest BCUT2D eigenvalue weighted by Crippen LogP contribution is -2.15. The molecule has 0 saturated heterocycles. The number of hydrogen-bond donors (Lipinski definition) is 0. The molecular weight excluding hydrogens is 636 g/mol. The fourth-order valence-corrected chi connectivity index (χ4v) is 5.51. The van der Waals surface area contributed by atoms with E-state index in [9.17, 15) is 4.79 Å². The van der Waals surface area contributed by atoms with Gasteiger partial charge in [-0.25, -0.2) is 0 Å². The van der Waals surface area contributed by atoms with Crippen LogP contribution in [0.5, 0.6) is 0 Å². The molecule has 9 nitrogen and oxygen atoms in total. The monoisotopic (exact) mass is 719 g/mol. The number of carbonyl (C=O) groups is 1. The highest BCUT2D eigenvalue weighted by Gasteiger charge is 2.03. The molecule has 0 rings (SSSR count). The van der Waals surface area contributed by atoms with Crippen LogP contribution in [0.4, 0.5) is 0 Å². The molecule has 300 valence electrons. The first-order chi connectivity index (χ1) is 24.8. The maximum absolute atomic E-state index is 11.8. The molecule has 9 heteroatoms. The van der Waals surface area contributed by atoms with Gasteiger partial charge in [-0.1, -0.05) is 142 Å². The van der Waals surface area contributed by atoms with Gasteiger partial charge in [-0.2, -0.15) is 0 Å². The van der Waals surface area contributed by atoms with Gasteiger partial charge in [-0.05, 0) is 12.8 Å². The molecule has 0 unspecified atom stereocenters. The second-order valence-electron chi connectivity index (χ2n) is 13.3. The van der Waals surface area contributed by atoms with Crippen molar-refractivity contribution in [2.45, 2.75) is 162 Å². The van der Waals surface area contributed by atoms with E-state index in [2.05, 4.69) is 13.8 Å². The van der Waals surface area contributed by atoms with E-state index < -0.39 is 0 Å². The smallest absolute Gasteiger partial charge is 0.305 e. The minimum absolute atomic E-state index is 0.127. The molecule has 0 heterocycles. The van der Waals surface area contributed by atoms with Crippen molar-refractivity contribution in [1.29, 1.82) is 0 Å². The van der Waals surface area contributed by atoms with E-state index in [-0.39, 0.29) is 5.97 Å². The third-order valence-corrected chi connectivity index (χ3v) is 8.60. The summed E-state index contributed by atoms with van der Waals surface area (Å²) in [5, 5.41) is 0. The zero-order valence-electron chi connectivity index (χ0n) is 33.0. The third-order valence-electron chi connectivity index (χ3n) is 8.60. The fourth-order valence-electron chi connectivity index (χ4n) is 5.51. The number of ether oxygens (including phenoxy) is 8. The third kappa shape index (κ3) is 45.2. The summed E-state index contributed by atoms with van der Waals surface area (Å²) >= 11 is 0. The van der Waals surface area contributed by atoms with Gasteiger partial charge in [-0.3, -0.25) is 4.79 Å². The zero-order chi connectivity index (χ0) is 36.1. The Hall–Kier alpha value is -0.810. The predicted octanol–water partition coefficient (Wildman–Crippen LogP) is 9.66. The Morgan fingerprint density at radius 2 is 0.520 bits per heavy atom. The Labute approximate surface area is 308 Å². The Morgan fingerprint density at radius 1 is 0.280 bits per heavy atom. The summed E-state index contributed by atoms with van der Waals surface area (Å²) in [6.07, 6.45) is 29.5. The normalized spacial score (nSPS) is 11.5. The van der Waals surface area contributed by atoms with Crippen LogP contribution in [-0.2, 0) is 42.7 Å². The standard InChI is InChI=1S/C41H82O9/c1-3-5-7-9-11-13-14-15-16-18-20-22-24-26-43-27-28-44-29-30-45-31-32-46-33-34-47-35-36-48-37-38-49-39-40-50-41(42)25-23-21-19-17-12-10-8-6-4-2/h3-40H2,1-2H3.